The molecule has 12 heavy (non-hydrogen) atoms. The van der Waals surface area contributed by atoms with E-state index in [-0.39, 0.29) is 5.20 Å². The third-order valence-corrected chi connectivity index (χ3v) is 3.28. The van der Waals surface area contributed by atoms with E-state index in [1.165, 1.54) is 0 Å². The fourth-order valence-electron chi connectivity index (χ4n) is 0.653. The predicted molar refractivity (Wildman–Crippen MR) is 47.2 cm³/mol. The zero-order valence-electron chi connectivity index (χ0n) is 7.37. The highest BCUT2D eigenvalue weighted by Gasteiger charge is 2.22. The maximum absolute atomic E-state index is 10.5. The highest BCUT2D eigenvalue weighted by molar-refractivity contribution is 6.60. The summed E-state index contributed by atoms with van der Waals surface area (Å²) in [5, 5.41) is 8.65. The Morgan fingerprint density at radius 3 is 2.08 bits per heavy atom. The summed E-state index contributed by atoms with van der Waals surface area (Å²) in [6, 6.07) is 0. The summed E-state index contributed by atoms with van der Waals surface area (Å²) in [6.45, 7) is 7.93. The minimum absolute atomic E-state index is 0.0682. The lowest BCUT2D eigenvalue weighted by molar-refractivity contribution is -0.132. The van der Waals surface area contributed by atoms with Gasteiger partial charge < -0.3 is 14.0 Å². The third kappa shape index (κ3) is 3.66. The Hall–Kier alpha value is -0.653. The molecule has 0 amide bonds. The minimum Gasteiger partial charge on any atom is -0.478 e. The topological polar surface area (TPSA) is 55.8 Å². The van der Waals surface area contributed by atoms with E-state index < -0.39 is 15.3 Å². The van der Waals surface area contributed by atoms with Gasteiger partial charge in [-0.05, 0) is 13.8 Å². The van der Waals surface area contributed by atoms with Gasteiger partial charge in [-0.25, -0.2) is 4.79 Å². The average Bonchev–Trinajstić information content (AvgIpc) is 2.03. The molecule has 0 unspecified atom stereocenters. The van der Waals surface area contributed by atoms with Crippen LogP contribution in [-0.4, -0.2) is 33.6 Å². The molecule has 0 fully saturated rings. The summed E-state index contributed by atoms with van der Waals surface area (Å²) in [7, 11) is -2.18. The van der Waals surface area contributed by atoms with Crippen molar-refractivity contribution in [2.75, 3.05) is 13.2 Å². The van der Waals surface area contributed by atoms with Gasteiger partial charge in [0.1, 0.15) is 0 Å². The van der Waals surface area contributed by atoms with Gasteiger partial charge in [-0.1, -0.05) is 6.58 Å². The molecule has 0 aromatic heterocycles. The van der Waals surface area contributed by atoms with Crippen LogP contribution in [0.3, 0.4) is 0 Å². The van der Waals surface area contributed by atoms with Gasteiger partial charge in [0.2, 0.25) is 0 Å². The number of carboxylic acid groups (broad SMARTS) is 1. The van der Waals surface area contributed by atoms with Crippen LogP contribution in [0.2, 0.25) is 0 Å². The number of carboxylic acids is 1. The molecule has 0 spiro atoms. The first-order valence-electron chi connectivity index (χ1n) is 3.78. The Bertz CT molecular complexity index is 163. The molecule has 0 heterocycles. The molecule has 0 aliphatic rings. The van der Waals surface area contributed by atoms with Gasteiger partial charge in [0.15, 0.2) is 0 Å². The lowest BCUT2D eigenvalue weighted by Gasteiger charge is -2.13. The van der Waals surface area contributed by atoms with Gasteiger partial charge >= 0.3 is 15.3 Å². The summed E-state index contributed by atoms with van der Waals surface area (Å²) in [5.74, 6) is -1.03. The van der Waals surface area contributed by atoms with Gasteiger partial charge in [0.25, 0.3) is 0 Å². The SMILES string of the molecule is C=C(C(=O)O)[SiH](OCC)OCC. The fraction of sp³-hybridized carbons (Fsp3) is 0.571. The quantitative estimate of drug-likeness (QED) is 0.488. The number of carbonyl (C=O) groups is 1. The molecule has 0 aliphatic carbocycles. The van der Waals surface area contributed by atoms with Crippen LogP contribution in [0.15, 0.2) is 11.8 Å². The van der Waals surface area contributed by atoms with Crippen LogP contribution in [-0.2, 0) is 13.6 Å². The Morgan fingerprint density at radius 1 is 1.42 bits per heavy atom. The van der Waals surface area contributed by atoms with Gasteiger partial charge in [0.05, 0.1) is 5.20 Å². The maximum atomic E-state index is 10.5. The molecule has 0 aliphatic heterocycles. The highest BCUT2D eigenvalue weighted by Crippen LogP contribution is 2.01. The van der Waals surface area contributed by atoms with Crippen LogP contribution in [0.1, 0.15) is 13.8 Å². The van der Waals surface area contributed by atoms with Crippen molar-refractivity contribution in [1.29, 1.82) is 0 Å². The molecule has 5 heteroatoms. The van der Waals surface area contributed by atoms with E-state index in [4.69, 9.17) is 14.0 Å². The van der Waals surface area contributed by atoms with Crippen LogP contribution in [0.4, 0.5) is 0 Å². The Labute approximate surface area is 73.6 Å². The van der Waals surface area contributed by atoms with Crippen LogP contribution in [0, 0.1) is 0 Å². The molecular weight excluding hydrogens is 176 g/mol. The average molecular weight is 190 g/mol. The van der Waals surface area contributed by atoms with E-state index >= 15 is 0 Å². The number of rotatable bonds is 6. The van der Waals surface area contributed by atoms with Crippen LogP contribution in [0.25, 0.3) is 0 Å². The summed E-state index contributed by atoms with van der Waals surface area (Å²) >= 11 is 0. The number of aliphatic carboxylic acids is 1. The second kappa shape index (κ2) is 5.93. The normalized spacial score (nSPS) is 10.2. The van der Waals surface area contributed by atoms with Crippen LogP contribution < -0.4 is 0 Å². The van der Waals surface area contributed by atoms with E-state index in [0.29, 0.717) is 13.2 Å². The molecule has 4 nitrogen and oxygen atoms in total. The summed E-state index contributed by atoms with van der Waals surface area (Å²) in [6.07, 6.45) is 0. The first-order valence-corrected chi connectivity index (χ1v) is 5.30. The molecule has 0 aromatic rings. The van der Waals surface area contributed by atoms with Crippen molar-refractivity contribution < 1.29 is 18.8 Å². The zero-order chi connectivity index (χ0) is 9.56. The Kier molecular flexibility index (Phi) is 5.61. The molecule has 70 valence electrons. The number of hydrogen-bond donors (Lipinski definition) is 1. The van der Waals surface area contributed by atoms with Crippen LogP contribution in [0.5, 0.6) is 0 Å². The second-order valence-corrected chi connectivity index (χ2v) is 4.10. The predicted octanol–water partition coefficient (Wildman–Crippen LogP) is 0.460. The van der Waals surface area contributed by atoms with E-state index in [2.05, 4.69) is 6.58 Å². The van der Waals surface area contributed by atoms with Crippen molar-refractivity contribution in [3.8, 4) is 0 Å². The van der Waals surface area contributed by atoms with E-state index in [1.807, 2.05) is 0 Å². The lowest BCUT2D eigenvalue weighted by atomic mass is 10.7. The second-order valence-electron chi connectivity index (χ2n) is 2.07. The third-order valence-electron chi connectivity index (χ3n) is 1.20. The van der Waals surface area contributed by atoms with Gasteiger partial charge in [-0.3, -0.25) is 0 Å². The van der Waals surface area contributed by atoms with Crippen molar-refractivity contribution in [3.63, 3.8) is 0 Å². The van der Waals surface area contributed by atoms with Crippen molar-refractivity contribution in [1.82, 2.24) is 0 Å². The summed E-state index contributed by atoms with van der Waals surface area (Å²) in [5.41, 5.74) is 0. The largest absolute Gasteiger partial charge is 0.478 e. The molecule has 0 atom stereocenters. The van der Waals surface area contributed by atoms with Gasteiger partial charge in [0, 0.05) is 13.2 Å². The first-order chi connectivity index (χ1) is 5.63. The van der Waals surface area contributed by atoms with E-state index in [9.17, 15) is 4.79 Å². The highest BCUT2D eigenvalue weighted by atomic mass is 28.3. The van der Waals surface area contributed by atoms with Crippen molar-refractivity contribution in [3.05, 3.63) is 11.8 Å². The molecule has 1 N–H and O–H groups in total. The number of hydrogen-bond acceptors (Lipinski definition) is 3. The Morgan fingerprint density at radius 2 is 1.83 bits per heavy atom. The van der Waals surface area contributed by atoms with Crippen molar-refractivity contribution in [2.24, 2.45) is 0 Å². The first kappa shape index (κ1) is 11.3. The summed E-state index contributed by atoms with van der Waals surface area (Å²) < 4.78 is 10.3. The van der Waals surface area contributed by atoms with Crippen molar-refractivity contribution >= 4 is 15.3 Å². The van der Waals surface area contributed by atoms with Gasteiger partial charge in [-0.2, -0.15) is 0 Å². The molecule has 0 radical (unpaired) electrons. The zero-order valence-corrected chi connectivity index (χ0v) is 8.53. The van der Waals surface area contributed by atoms with E-state index in [1.54, 1.807) is 13.8 Å². The molecule has 0 saturated heterocycles. The minimum atomic E-state index is -2.18. The maximum Gasteiger partial charge on any atom is 0.362 e. The lowest BCUT2D eigenvalue weighted by Crippen LogP contribution is -2.29. The smallest absolute Gasteiger partial charge is 0.362 e. The fourth-order valence-corrected chi connectivity index (χ4v) is 1.96. The van der Waals surface area contributed by atoms with Crippen molar-refractivity contribution in [2.45, 2.75) is 13.8 Å². The molecular formula is C7H14O4Si. The van der Waals surface area contributed by atoms with Gasteiger partial charge in [-0.15, -0.1) is 0 Å². The monoisotopic (exact) mass is 190 g/mol. The molecule has 0 saturated carbocycles. The van der Waals surface area contributed by atoms with E-state index in [0.717, 1.165) is 0 Å². The Balaban J connectivity index is 4.08. The van der Waals surface area contributed by atoms with Crippen LogP contribution >= 0.6 is 0 Å². The standard InChI is InChI=1S/C7H14O4Si/c1-4-10-12(11-5-2)6(3)7(8)9/h12H,3-5H2,1-2H3,(H,8,9). The molecule has 0 rings (SSSR count). The summed E-state index contributed by atoms with van der Waals surface area (Å²) in [4.78, 5) is 10.5. The molecule has 0 aromatic carbocycles. The molecule has 0 bridgehead atoms.